The van der Waals surface area contributed by atoms with Gasteiger partial charge in [0.1, 0.15) is 11.5 Å². The van der Waals surface area contributed by atoms with Crippen molar-refractivity contribution in [2.75, 3.05) is 27.3 Å². The predicted octanol–water partition coefficient (Wildman–Crippen LogP) is 2.65. The summed E-state index contributed by atoms with van der Waals surface area (Å²) in [4.78, 5) is 19.4. The van der Waals surface area contributed by atoms with E-state index < -0.39 is 0 Å². The molecule has 0 radical (unpaired) electrons. The van der Waals surface area contributed by atoms with Crippen molar-refractivity contribution in [1.82, 2.24) is 19.5 Å². The lowest BCUT2D eigenvalue weighted by Gasteiger charge is -2.18. The molecule has 0 aliphatic carbocycles. The van der Waals surface area contributed by atoms with Crippen LogP contribution in [-0.2, 0) is 6.54 Å². The topological polar surface area (TPSA) is 71.9 Å². The van der Waals surface area contributed by atoms with Crippen LogP contribution in [0.5, 0.6) is 11.5 Å². The van der Waals surface area contributed by atoms with Gasteiger partial charge in [-0.25, -0.2) is 9.50 Å². The first-order valence-electron chi connectivity index (χ1n) is 9.52. The van der Waals surface area contributed by atoms with Crippen LogP contribution in [0.2, 0.25) is 0 Å². The van der Waals surface area contributed by atoms with E-state index in [4.69, 9.17) is 9.47 Å². The van der Waals surface area contributed by atoms with Crippen LogP contribution in [0.1, 0.15) is 34.9 Å². The van der Waals surface area contributed by atoms with Gasteiger partial charge in [0.15, 0.2) is 5.65 Å². The van der Waals surface area contributed by atoms with Gasteiger partial charge in [0.2, 0.25) is 0 Å². The monoisotopic (exact) mass is 382 g/mol. The molecule has 1 atom stereocenters. The molecular formula is C21H26N4O3. The van der Waals surface area contributed by atoms with Crippen molar-refractivity contribution in [1.29, 1.82) is 0 Å². The van der Waals surface area contributed by atoms with Crippen molar-refractivity contribution in [3.63, 3.8) is 0 Å². The molecule has 28 heavy (non-hydrogen) atoms. The number of hydrogen-bond donors (Lipinski definition) is 1. The number of aromatic nitrogens is 3. The zero-order chi connectivity index (χ0) is 19.8. The number of rotatable bonds is 5. The lowest BCUT2D eigenvalue weighted by molar-refractivity contribution is 0.315. The second-order valence-corrected chi connectivity index (χ2v) is 7.43. The number of likely N-dealkylation sites (tertiary alicyclic amines) is 1. The van der Waals surface area contributed by atoms with Gasteiger partial charge < -0.3 is 9.47 Å². The number of nitrogens with zero attached hydrogens (tertiary/aromatic N) is 3. The van der Waals surface area contributed by atoms with E-state index in [0.717, 1.165) is 54.5 Å². The molecule has 148 valence electrons. The van der Waals surface area contributed by atoms with Crippen molar-refractivity contribution in [2.24, 2.45) is 0 Å². The molecule has 7 heteroatoms. The SMILES string of the molecule is COc1ccc(OC)c(CN2CCC(c3cc4nc(C)c(C)c(=O)n4[nH]3)C2)c1. The zero-order valence-electron chi connectivity index (χ0n) is 16.8. The van der Waals surface area contributed by atoms with Gasteiger partial charge in [-0.2, -0.15) is 0 Å². The Morgan fingerprint density at radius 2 is 2.04 bits per heavy atom. The van der Waals surface area contributed by atoms with Crippen molar-refractivity contribution >= 4 is 5.65 Å². The molecule has 7 nitrogen and oxygen atoms in total. The Bertz CT molecular complexity index is 1070. The van der Waals surface area contributed by atoms with E-state index in [1.54, 1.807) is 18.7 Å². The van der Waals surface area contributed by atoms with Gasteiger partial charge in [0.05, 0.1) is 14.2 Å². The highest BCUT2D eigenvalue weighted by Crippen LogP contribution is 2.31. The molecule has 4 rings (SSSR count). The highest BCUT2D eigenvalue weighted by molar-refractivity contribution is 5.43. The normalized spacial score (nSPS) is 17.4. The molecule has 1 saturated heterocycles. The Labute approximate surface area is 163 Å². The van der Waals surface area contributed by atoms with Crippen LogP contribution in [0.4, 0.5) is 0 Å². The second-order valence-electron chi connectivity index (χ2n) is 7.43. The number of aromatic amines is 1. The average molecular weight is 382 g/mol. The van der Waals surface area contributed by atoms with Crippen LogP contribution in [0, 0.1) is 13.8 Å². The third-order valence-electron chi connectivity index (χ3n) is 5.70. The molecule has 2 aromatic heterocycles. The lowest BCUT2D eigenvalue weighted by atomic mass is 10.1. The first-order valence-corrected chi connectivity index (χ1v) is 9.52. The Morgan fingerprint density at radius 3 is 2.79 bits per heavy atom. The molecule has 3 aromatic rings. The molecule has 1 N–H and O–H groups in total. The maximum Gasteiger partial charge on any atom is 0.275 e. The van der Waals surface area contributed by atoms with Gasteiger partial charge >= 0.3 is 0 Å². The molecule has 0 spiro atoms. The Kier molecular flexibility index (Phi) is 4.85. The van der Waals surface area contributed by atoms with Crippen molar-refractivity contribution in [3.8, 4) is 11.5 Å². The highest BCUT2D eigenvalue weighted by Gasteiger charge is 2.26. The first kappa shape index (κ1) is 18.6. The third kappa shape index (κ3) is 3.26. The number of H-pyrrole nitrogens is 1. The summed E-state index contributed by atoms with van der Waals surface area (Å²) in [6.45, 7) is 6.40. The van der Waals surface area contributed by atoms with Crippen LogP contribution >= 0.6 is 0 Å². The fourth-order valence-electron chi connectivity index (χ4n) is 3.92. The lowest BCUT2D eigenvalue weighted by Crippen LogP contribution is -2.21. The number of methoxy groups -OCH3 is 2. The predicted molar refractivity (Wildman–Crippen MR) is 107 cm³/mol. The standard InChI is InChI=1S/C21H26N4O3/c1-13-14(2)22-20-10-18(23-25(20)21(13)26)15-7-8-24(11-15)12-16-9-17(27-3)5-6-19(16)28-4/h5-6,9-10,15,23H,7-8,11-12H2,1-4H3. The van der Waals surface area contributed by atoms with Gasteiger partial charge in [0.25, 0.3) is 5.56 Å². The summed E-state index contributed by atoms with van der Waals surface area (Å²) in [5, 5.41) is 3.27. The molecule has 1 aliphatic rings. The van der Waals surface area contributed by atoms with Crippen LogP contribution in [-0.4, -0.2) is 46.8 Å². The average Bonchev–Trinajstić information content (AvgIpc) is 3.33. The number of aryl methyl sites for hydroxylation is 1. The molecular weight excluding hydrogens is 356 g/mol. The van der Waals surface area contributed by atoms with E-state index in [9.17, 15) is 4.79 Å². The van der Waals surface area contributed by atoms with Gasteiger partial charge in [0, 0.05) is 47.6 Å². The molecule has 0 saturated carbocycles. The van der Waals surface area contributed by atoms with E-state index in [-0.39, 0.29) is 5.56 Å². The van der Waals surface area contributed by atoms with Crippen LogP contribution in [0.25, 0.3) is 5.65 Å². The van der Waals surface area contributed by atoms with E-state index >= 15 is 0 Å². The number of fused-ring (bicyclic) bond motifs is 1. The summed E-state index contributed by atoms with van der Waals surface area (Å²) in [5.41, 5.74) is 4.32. The van der Waals surface area contributed by atoms with Gasteiger partial charge in [-0.3, -0.25) is 14.8 Å². The summed E-state index contributed by atoms with van der Waals surface area (Å²) in [6, 6.07) is 7.90. The van der Waals surface area contributed by atoms with Gasteiger partial charge in [-0.1, -0.05) is 0 Å². The zero-order valence-corrected chi connectivity index (χ0v) is 16.8. The van der Waals surface area contributed by atoms with Crippen LogP contribution < -0.4 is 15.0 Å². The van der Waals surface area contributed by atoms with E-state index in [0.29, 0.717) is 17.1 Å². The molecule has 1 unspecified atom stereocenters. The second kappa shape index (κ2) is 7.31. The van der Waals surface area contributed by atoms with Crippen molar-refractivity contribution in [2.45, 2.75) is 32.7 Å². The first-order chi connectivity index (χ1) is 13.5. The van der Waals surface area contributed by atoms with Gasteiger partial charge in [-0.05, 0) is 45.0 Å². The summed E-state index contributed by atoms with van der Waals surface area (Å²) in [5.74, 6) is 2.05. The minimum absolute atomic E-state index is 0.0234. The smallest absolute Gasteiger partial charge is 0.275 e. The van der Waals surface area contributed by atoms with E-state index in [2.05, 4.69) is 15.0 Å². The van der Waals surface area contributed by atoms with Crippen LogP contribution in [0.3, 0.4) is 0 Å². The maximum absolute atomic E-state index is 12.5. The van der Waals surface area contributed by atoms with E-state index in [1.807, 2.05) is 38.1 Å². The summed E-state index contributed by atoms with van der Waals surface area (Å²) < 4.78 is 12.4. The molecule has 0 bridgehead atoms. The quantitative estimate of drug-likeness (QED) is 0.735. The van der Waals surface area contributed by atoms with Crippen molar-refractivity contribution < 1.29 is 9.47 Å². The Morgan fingerprint density at radius 1 is 1.21 bits per heavy atom. The van der Waals surface area contributed by atoms with Crippen molar-refractivity contribution in [3.05, 3.63) is 57.1 Å². The van der Waals surface area contributed by atoms with Gasteiger partial charge in [-0.15, -0.1) is 0 Å². The molecule has 1 fully saturated rings. The Balaban J connectivity index is 1.54. The maximum atomic E-state index is 12.5. The number of hydrogen-bond acceptors (Lipinski definition) is 5. The third-order valence-corrected chi connectivity index (χ3v) is 5.70. The number of nitrogens with one attached hydrogen (secondary N) is 1. The molecule has 1 aliphatic heterocycles. The van der Waals surface area contributed by atoms with E-state index in [1.165, 1.54) is 0 Å². The fourth-order valence-corrected chi connectivity index (χ4v) is 3.92. The number of ether oxygens (including phenoxy) is 2. The Hall–Kier alpha value is -2.80. The largest absolute Gasteiger partial charge is 0.497 e. The summed E-state index contributed by atoms with van der Waals surface area (Å²) >= 11 is 0. The molecule has 0 amide bonds. The number of benzene rings is 1. The summed E-state index contributed by atoms with van der Waals surface area (Å²) in [7, 11) is 3.37. The minimum Gasteiger partial charge on any atom is -0.497 e. The minimum atomic E-state index is -0.0234. The molecule has 3 heterocycles. The highest BCUT2D eigenvalue weighted by atomic mass is 16.5. The molecule has 1 aromatic carbocycles. The fraction of sp³-hybridized carbons (Fsp3) is 0.429. The summed E-state index contributed by atoms with van der Waals surface area (Å²) in [6.07, 6.45) is 1.03. The van der Waals surface area contributed by atoms with Crippen LogP contribution in [0.15, 0.2) is 29.1 Å².